The molecule has 1 aromatic carbocycles. The molecule has 1 atom stereocenters. The molecule has 3 N–H and O–H groups in total. The van der Waals surface area contributed by atoms with Crippen LogP contribution in [0.1, 0.15) is 32.8 Å². The molecule has 0 heterocycles. The molecule has 114 valence electrons. The Kier molecular flexibility index (Phi) is 6.30. The van der Waals surface area contributed by atoms with Crippen LogP contribution in [-0.2, 0) is 6.54 Å². The van der Waals surface area contributed by atoms with Gasteiger partial charge in [-0.15, -0.1) is 0 Å². The summed E-state index contributed by atoms with van der Waals surface area (Å²) < 4.78 is 5.72. The van der Waals surface area contributed by atoms with Crippen LogP contribution in [0.3, 0.4) is 0 Å². The lowest BCUT2D eigenvalue weighted by atomic mass is 9.88. The van der Waals surface area contributed by atoms with Gasteiger partial charge in [0, 0.05) is 12.6 Å². The van der Waals surface area contributed by atoms with Crippen LogP contribution >= 0.6 is 15.9 Å². The fourth-order valence-electron chi connectivity index (χ4n) is 2.09. The van der Waals surface area contributed by atoms with Crippen LogP contribution in [0.25, 0.3) is 0 Å². The average molecular weight is 346 g/mol. The molecular formula is C15H24BrNO3. The second kappa shape index (κ2) is 7.29. The molecule has 0 saturated carbocycles. The van der Waals surface area contributed by atoms with E-state index in [2.05, 4.69) is 42.0 Å². The Morgan fingerprint density at radius 2 is 2.00 bits per heavy atom. The third-order valence-corrected chi connectivity index (χ3v) is 3.59. The van der Waals surface area contributed by atoms with Gasteiger partial charge in [-0.25, -0.2) is 0 Å². The van der Waals surface area contributed by atoms with E-state index < -0.39 is 0 Å². The maximum Gasteiger partial charge on any atom is 0.172 e. The number of phenolic OH excluding ortho intramolecular Hbond substituents is 1. The number of aromatic hydroxyl groups is 1. The highest BCUT2D eigenvalue weighted by Gasteiger charge is 2.18. The fraction of sp³-hybridized carbons (Fsp3) is 0.600. The lowest BCUT2D eigenvalue weighted by Crippen LogP contribution is -2.35. The first-order valence-electron chi connectivity index (χ1n) is 6.66. The highest BCUT2D eigenvalue weighted by Crippen LogP contribution is 2.35. The summed E-state index contributed by atoms with van der Waals surface area (Å²) in [6, 6.07) is 3.68. The van der Waals surface area contributed by atoms with Crippen LogP contribution < -0.4 is 10.1 Å². The van der Waals surface area contributed by atoms with Crippen LogP contribution in [0.5, 0.6) is 11.5 Å². The molecule has 4 nitrogen and oxygen atoms in total. The largest absolute Gasteiger partial charge is 0.503 e. The first-order chi connectivity index (χ1) is 9.26. The van der Waals surface area contributed by atoms with Crippen molar-refractivity contribution in [3.05, 3.63) is 22.2 Å². The molecule has 0 aromatic heterocycles. The zero-order valence-electron chi connectivity index (χ0n) is 12.5. The van der Waals surface area contributed by atoms with E-state index in [0.29, 0.717) is 16.8 Å². The molecule has 0 bridgehead atoms. The number of benzene rings is 1. The molecule has 0 radical (unpaired) electrons. The normalized spacial score (nSPS) is 13.3. The van der Waals surface area contributed by atoms with Crippen molar-refractivity contribution in [1.82, 2.24) is 5.32 Å². The minimum absolute atomic E-state index is 0.0496. The van der Waals surface area contributed by atoms with Crippen molar-refractivity contribution in [2.75, 3.05) is 13.7 Å². The topological polar surface area (TPSA) is 61.7 Å². The van der Waals surface area contributed by atoms with Gasteiger partial charge in [-0.2, -0.15) is 0 Å². The second-order valence-electron chi connectivity index (χ2n) is 6.15. The molecule has 0 spiro atoms. The summed E-state index contributed by atoms with van der Waals surface area (Å²) in [5.41, 5.74) is 1.15. The van der Waals surface area contributed by atoms with E-state index in [1.807, 2.05) is 6.07 Å². The number of methoxy groups -OCH3 is 1. The predicted octanol–water partition coefficient (Wildman–Crippen LogP) is 3.05. The van der Waals surface area contributed by atoms with Crippen molar-refractivity contribution in [3.8, 4) is 11.5 Å². The van der Waals surface area contributed by atoms with Crippen molar-refractivity contribution in [1.29, 1.82) is 0 Å². The van der Waals surface area contributed by atoms with Gasteiger partial charge < -0.3 is 20.3 Å². The molecule has 1 unspecified atom stereocenters. The number of halogens is 1. The zero-order chi connectivity index (χ0) is 15.3. The van der Waals surface area contributed by atoms with E-state index >= 15 is 0 Å². The molecule has 0 fully saturated rings. The van der Waals surface area contributed by atoms with Gasteiger partial charge >= 0.3 is 0 Å². The highest BCUT2D eigenvalue weighted by atomic mass is 79.9. The van der Waals surface area contributed by atoms with Crippen molar-refractivity contribution in [3.63, 3.8) is 0 Å². The van der Waals surface area contributed by atoms with Gasteiger partial charge in [-0.3, -0.25) is 0 Å². The van der Waals surface area contributed by atoms with Gasteiger partial charge in [0.25, 0.3) is 0 Å². The van der Waals surface area contributed by atoms with Crippen LogP contribution in [0.2, 0.25) is 0 Å². The number of aliphatic hydroxyl groups is 1. The van der Waals surface area contributed by atoms with Gasteiger partial charge in [0.15, 0.2) is 11.5 Å². The number of hydrogen-bond donors (Lipinski definition) is 3. The quantitative estimate of drug-likeness (QED) is 0.741. The molecule has 0 aliphatic rings. The van der Waals surface area contributed by atoms with Crippen LogP contribution in [-0.4, -0.2) is 30.0 Å². The maximum absolute atomic E-state index is 9.77. The number of nitrogens with one attached hydrogen (secondary N) is 1. The van der Waals surface area contributed by atoms with E-state index in [4.69, 9.17) is 4.74 Å². The Morgan fingerprint density at radius 3 is 2.50 bits per heavy atom. The predicted molar refractivity (Wildman–Crippen MR) is 84.1 cm³/mol. The lowest BCUT2D eigenvalue weighted by molar-refractivity contribution is 0.198. The second-order valence-corrected chi connectivity index (χ2v) is 7.01. The SMILES string of the molecule is COc1cc(CNC(CO)CC(C)(C)C)cc(Br)c1O. The van der Waals surface area contributed by atoms with E-state index in [1.54, 1.807) is 6.07 Å². The molecule has 0 aliphatic heterocycles. The Hall–Kier alpha value is -0.780. The Labute approximate surface area is 129 Å². The summed E-state index contributed by atoms with van der Waals surface area (Å²) in [5.74, 6) is 0.539. The standard InChI is InChI=1S/C15H24BrNO3/c1-15(2,3)7-11(9-18)17-8-10-5-12(16)14(19)13(6-10)20-4/h5-6,11,17-19H,7-9H2,1-4H3. The van der Waals surface area contributed by atoms with E-state index in [9.17, 15) is 10.2 Å². The van der Waals surface area contributed by atoms with Gasteiger partial charge in [-0.05, 0) is 45.5 Å². The molecule has 0 amide bonds. The van der Waals surface area contributed by atoms with Gasteiger partial charge in [0.2, 0.25) is 0 Å². The third kappa shape index (κ3) is 5.31. The maximum atomic E-state index is 9.77. The lowest BCUT2D eigenvalue weighted by Gasteiger charge is -2.25. The third-order valence-electron chi connectivity index (χ3n) is 2.98. The summed E-state index contributed by atoms with van der Waals surface area (Å²) >= 11 is 3.30. The summed E-state index contributed by atoms with van der Waals surface area (Å²) in [4.78, 5) is 0. The summed E-state index contributed by atoms with van der Waals surface area (Å²) in [7, 11) is 1.52. The zero-order valence-corrected chi connectivity index (χ0v) is 14.1. The molecule has 1 aromatic rings. The first-order valence-corrected chi connectivity index (χ1v) is 7.45. The van der Waals surface area contributed by atoms with Crippen molar-refractivity contribution in [2.45, 2.75) is 39.8 Å². The van der Waals surface area contributed by atoms with E-state index in [0.717, 1.165) is 12.0 Å². The van der Waals surface area contributed by atoms with E-state index in [-0.39, 0.29) is 23.8 Å². The minimum Gasteiger partial charge on any atom is -0.503 e. The van der Waals surface area contributed by atoms with E-state index in [1.165, 1.54) is 7.11 Å². The fourth-order valence-corrected chi connectivity index (χ4v) is 2.58. The van der Waals surface area contributed by atoms with Gasteiger partial charge in [0.05, 0.1) is 18.2 Å². The molecule has 0 saturated heterocycles. The number of aliphatic hydroxyl groups excluding tert-OH is 1. The molecule has 20 heavy (non-hydrogen) atoms. The Bertz CT molecular complexity index is 443. The monoisotopic (exact) mass is 345 g/mol. The van der Waals surface area contributed by atoms with Crippen molar-refractivity contribution >= 4 is 15.9 Å². The number of phenols is 1. The Balaban J connectivity index is 2.71. The molecule has 0 aliphatic carbocycles. The van der Waals surface area contributed by atoms with Gasteiger partial charge in [-0.1, -0.05) is 20.8 Å². The van der Waals surface area contributed by atoms with Crippen molar-refractivity contribution in [2.24, 2.45) is 5.41 Å². The minimum atomic E-state index is 0.0496. The number of hydrogen-bond acceptors (Lipinski definition) is 4. The van der Waals surface area contributed by atoms with Crippen LogP contribution in [0, 0.1) is 5.41 Å². The molecular weight excluding hydrogens is 322 g/mol. The van der Waals surface area contributed by atoms with Gasteiger partial charge in [0.1, 0.15) is 0 Å². The number of rotatable bonds is 6. The average Bonchev–Trinajstić information content (AvgIpc) is 2.36. The molecule has 1 rings (SSSR count). The summed E-state index contributed by atoms with van der Waals surface area (Å²) in [6.45, 7) is 7.16. The summed E-state index contributed by atoms with van der Waals surface area (Å²) in [6.07, 6.45) is 0.889. The first kappa shape index (κ1) is 17.3. The van der Waals surface area contributed by atoms with Crippen LogP contribution in [0.15, 0.2) is 16.6 Å². The summed E-state index contributed by atoms with van der Waals surface area (Å²) in [5, 5.41) is 22.5. The highest BCUT2D eigenvalue weighted by molar-refractivity contribution is 9.10. The number of ether oxygens (including phenoxy) is 1. The smallest absolute Gasteiger partial charge is 0.172 e. The molecule has 5 heteroatoms. The van der Waals surface area contributed by atoms with Crippen LogP contribution in [0.4, 0.5) is 0 Å². The van der Waals surface area contributed by atoms with Crippen molar-refractivity contribution < 1.29 is 14.9 Å². The Morgan fingerprint density at radius 1 is 1.35 bits per heavy atom.